The van der Waals surface area contributed by atoms with Gasteiger partial charge in [0.2, 0.25) is 0 Å². The number of nitriles is 1. The van der Waals surface area contributed by atoms with Crippen LogP contribution in [0.5, 0.6) is 0 Å². The topological polar surface area (TPSA) is 87.9 Å². The molecular weight excluding hydrogens is 481 g/mol. The van der Waals surface area contributed by atoms with Crippen molar-refractivity contribution in [1.29, 1.82) is 5.26 Å². The lowest BCUT2D eigenvalue weighted by Gasteiger charge is -2.42. The molecule has 3 aromatic rings. The lowest BCUT2D eigenvalue weighted by molar-refractivity contribution is 0.187. The number of hydrogen-bond donors (Lipinski definition) is 1. The molecule has 8 heteroatoms. The second-order valence-electron chi connectivity index (χ2n) is 9.26. The second-order valence-corrected chi connectivity index (χ2v) is 10.0. The fourth-order valence-electron chi connectivity index (χ4n) is 5.52. The molecule has 1 spiro atoms. The summed E-state index contributed by atoms with van der Waals surface area (Å²) in [7, 11) is 0. The molecular formula is C27H23Cl2N5O. The highest BCUT2D eigenvalue weighted by atomic mass is 35.5. The van der Waals surface area contributed by atoms with Crippen molar-refractivity contribution < 1.29 is 0 Å². The molecule has 1 aliphatic carbocycles. The third-order valence-corrected chi connectivity index (χ3v) is 8.23. The van der Waals surface area contributed by atoms with Gasteiger partial charge in [-0.1, -0.05) is 35.2 Å². The van der Waals surface area contributed by atoms with Crippen molar-refractivity contribution in [2.24, 2.45) is 11.1 Å². The Morgan fingerprint density at radius 2 is 1.97 bits per heavy atom. The Labute approximate surface area is 213 Å². The van der Waals surface area contributed by atoms with Gasteiger partial charge in [0, 0.05) is 30.8 Å². The summed E-state index contributed by atoms with van der Waals surface area (Å²) in [4.78, 5) is 19.9. The summed E-state index contributed by atoms with van der Waals surface area (Å²) < 4.78 is 1.47. The van der Waals surface area contributed by atoms with Gasteiger partial charge in [0.15, 0.2) is 0 Å². The summed E-state index contributed by atoms with van der Waals surface area (Å²) in [5.41, 5.74) is 10.2. The van der Waals surface area contributed by atoms with Gasteiger partial charge in [-0.15, -0.1) is 6.42 Å². The van der Waals surface area contributed by atoms with E-state index in [1.54, 1.807) is 37.3 Å². The number of nitrogens with zero attached hydrogens (tertiary/aromatic N) is 4. The van der Waals surface area contributed by atoms with Crippen molar-refractivity contribution in [3.63, 3.8) is 0 Å². The first-order chi connectivity index (χ1) is 16.8. The molecule has 0 unspecified atom stereocenters. The zero-order valence-electron chi connectivity index (χ0n) is 19.2. The van der Waals surface area contributed by atoms with Crippen LogP contribution in [0.2, 0.25) is 10.0 Å². The van der Waals surface area contributed by atoms with Gasteiger partial charge in [-0.25, -0.2) is 4.98 Å². The van der Waals surface area contributed by atoms with Gasteiger partial charge >= 0.3 is 0 Å². The average Bonchev–Trinajstić information content (AvgIpc) is 3.12. The van der Waals surface area contributed by atoms with Crippen LogP contribution < -0.4 is 16.2 Å². The Hall–Kier alpha value is -3.29. The first-order valence-corrected chi connectivity index (χ1v) is 12.1. The van der Waals surface area contributed by atoms with Crippen molar-refractivity contribution in [3.05, 3.63) is 84.9 Å². The largest absolute Gasteiger partial charge is 0.356 e. The first kappa shape index (κ1) is 23.5. The maximum Gasteiger partial charge on any atom is 0.260 e. The van der Waals surface area contributed by atoms with Crippen molar-refractivity contribution in [2.75, 3.05) is 18.0 Å². The van der Waals surface area contributed by atoms with E-state index in [0.717, 1.165) is 30.4 Å². The number of aryl methyl sites for hydroxylation is 1. The van der Waals surface area contributed by atoms with E-state index < -0.39 is 0 Å². The lowest BCUT2D eigenvalue weighted by atomic mass is 9.73. The highest BCUT2D eigenvalue weighted by Gasteiger charge is 2.47. The third-order valence-electron chi connectivity index (χ3n) is 7.42. The number of halogens is 2. The van der Waals surface area contributed by atoms with Gasteiger partial charge in [0.25, 0.3) is 5.56 Å². The number of piperidine rings is 1. The molecule has 2 N–H and O–H groups in total. The molecule has 6 nitrogen and oxygen atoms in total. The summed E-state index contributed by atoms with van der Waals surface area (Å²) in [6, 6.07) is 12.5. The van der Waals surface area contributed by atoms with Gasteiger partial charge in [-0.3, -0.25) is 9.36 Å². The van der Waals surface area contributed by atoms with E-state index >= 15 is 0 Å². The molecule has 0 bridgehead atoms. The Bertz CT molecular complexity index is 1490. The number of terminal acetylenes is 1. The molecule has 2 heterocycles. The molecule has 35 heavy (non-hydrogen) atoms. The molecule has 176 valence electrons. The minimum absolute atomic E-state index is 0.143. The van der Waals surface area contributed by atoms with Crippen LogP contribution in [0.3, 0.4) is 0 Å². The number of rotatable bonds is 2. The molecule has 1 aliphatic heterocycles. The maximum atomic E-state index is 13.1. The van der Waals surface area contributed by atoms with Gasteiger partial charge in [0.05, 0.1) is 27.4 Å². The monoisotopic (exact) mass is 503 g/mol. The zero-order chi connectivity index (χ0) is 24.9. The van der Waals surface area contributed by atoms with Crippen molar-refractivity contribution in [3.8, 4) is 24.1 Å². The normalized spacial score (nSPS) is 18.2. The highest BCUT2D eigenvalue weighted by molar-refractivity contribution is 6.43. The Balaban J connectivity index is 1.41. The fourth-order valence-corrected chi connectivity index (χ4v) is 5.90. The van der Waals surface area contributed by atoms with Crippen molar-refractivity contribution >= 4 is 29.0 Å². The van der Waals surface area contributed by atoms with Crippen LogP contribution in [0.1, 0.15) is 47.0 Å². The van der Waals surface area contributed by atoms with Gasteiger partial charge in [-0.05, 0) is 67.0 Å². The molecule has 1 saturated heterocycles. The summed E-state index contributed by atoms with van der Waals surface area (Å²) in [6.07, 6.45) is 8.00. The van der Waals surface area contributed by atoms with Gasteiger partial charge in [-0.2, -0.15) is 5.26 Å². The number of benzene rings is 2. The molecule has 5 rings (SSSR count). The van der Waals surface area contributed by atoms with E-state index in [1.165, 1.54) is 4.57 Å². The van der Waals surface area contributed by atoms with Crippen LogP contribution in [0.15, 0.2) is 41.2 Å². The Morgan fingerprint density at radius 3 is 2.63 bits per heavy atom. The van der Waals surface area contributed by atoms with Gasteiger partial charge < -0.3 is 10.6 Å². The van der Waals surface area contributed by atoms with E-state index in [0.29, 0.717) is 51.6 Å². The lowest BCUT2D eigenvalue weighted by Crippen LogP contribution is -2.45. The Kier molecular flexibility index (Phi) is 5.85. The number of nitrogens with two attached hydrogens (primary N) is 1. The van der Waals surface area contributed by atoms with Gasteiger partial charge in [0.1, 0.15) is 11.6 Å². The number of hydrogen-bond acceptors (Lipinski definition) is 5. The van der Waals surface area contributed by atoms with Crippen LogP contribution in [0, 0.1) is 36.0 Å². The maximum absolute atomic E-state index is 13.1. The number of aromatic nitrogens is 2. The average molecular weight is 504 g/mol. The minimum Gasteiger partial charge on any atom is -0.356 e. The first-order valence-electron chi connectivity index (χ1n) is 11.4. The van der Waals surface area contributed by atoms with E-state index in [9.17, 15) is 10.1 Å². The van der Waals surface area contributed by atoms with Crippen LogP contribution in [-0.4, -0.2) is 22.6 Å². The summed E-state index contributed by atoms with van der Waals surface area (Å²) in [6.45, 7) is 3.20. The quantitative estimate of drug-likeness (QED) is 0.518. The third kappa shape index (κ3) is 3.79. The molecule has 0 saturated carbocycles. The van der Waals surface area contributed by atoms with E-state index in [2.05, 4.69) is 16.9 Å². The smallest absolute Gasteiger partial charge is 0.260 e. The fraction of sp³-hybridized carbons (Fsp3) is 0.296. The molecule has 0 amide bonds. The van der Waals surface area contributed by atoms with Crippen LogP contribution in [0.4, 0.5) is 5.82 Å². The van der Waals surface area contributed by atoms with E-state index in [-0.39, 0.29) is 17.0 Å². The zero-order valence-corrected chi connectivity index (χ0v) is 20.7. The minimum atomic E-state index is -0.220. The molecule has 1 atom stereocenters. The molecule has 1 aromatic heterocycles. The van der Waals surface area contributed by atoms with Crippen LogP contribution >= 0.6 is 23.2 Å². The SMILES string of the molecule is C#Cc1cc(C#N)c2c(c1)[C@@H](N)C1(CCN(c3cc(=O)n(-c4cccc(Cl)c4Cl)c(C)n3)CC1)C2. The van der Waals surface area contributed by atoms with Crippen LogP contribution in [-0.2, 0) is 6.42 Å². The molecule has 1 fully saturated rings. The van der Waals surface area contributed by atoms with Crippen molar-refractivity contribution in [1.82, 2.24) is 9.55 Å². The second kappa shape index (κ2) is 8.73. The van der Waals surface area contributed by atoms with Crippen LogP contribution in [0.25, 0.3) is 5.69 Å². The molecule has 2 aliphatic rings. The summed E-state index contributed by atoms with van der Waals surface area (Å²) in [5, 5.41) is 10.3. The number of fused-ring (bicyclic) bond motifs is 1. The highest BCUT2D eigenvalue weighted by Crippen LogP contribution is 2.52. The predicted octanol–water partition coefficient (Wildman–Crippen LogP) is 4.54. The van der Waals surface area contributed by atoms with Crippen molar-refractivity contribution in [2.45, 2.75) is 32.2 Å². The molecule has 0 radical (unpaired) electrons. The Morgan fingerprint density at radius 1 is 1.23 bits per heavy atom. The predicted molar refractivity (Wildman–Crippen MR) is 138 cm³/mol. The van der Waals surface area contributed by atoms with E-state index in [1.807, 2.05) is 6.07 Å². The summed E-state index contributed by atoms with van der Waals surface area (Å²) >= 11 is 12.5. The number of anilines is 1. The standard InChI is InChI=1S/C27H23Cl2N5O/c1-3-17-11-18(15-30)20-14-27(26(31)19(20)12-17)7-9-33(10-8-27)23-13-24(35)34(16(2)32-23)22-6-4-5-21(28)25(22)29/h1,4-6,11-13,26H,7-10,14,31H2,2H3/t26-/m1/s1. The van der Waals surface area contributed by atoms with E-state index in [4.69, 9.17) is 40.3 Å². The molecule has 2 aromatic carbocycles. The summed E-state index contributed by atoms with van der Waals surface area (Å²) in [5.74, 6) is 3.80.